The molecule has 0 aliphatic carbocycles. The van der Waals surface area contributed by atoms with Gasteiger partial charge in [0, 0.05) is 12.2 Å². The number of methoxy groups -OCH3 is 1. The molecule has 19 heavy (non-hydrogen) atoms. The number of rotatable bonds is 5. The number of hydrogen-bond donors (Lipinski definition) is 2. The zero-order valence-electron chi connectivity index (χ0n) is 10.4. The number of hydrazine groups is 1. The molecule has 0 fully saturated rings. The van der Waals surface area contributed by atoms with Gasteiger partial charge in [0.2, 0.25) is 0 Å². The minimum atomic E-state index is -0.539. The lowest BCUT2D eigenvalue weighted by Crippen LogP contribution is -2.21. The van der Waals surface area contributed by atoms with Crippen LogP contribution in [0.4, 0.5) is 10.1 Å². The fourth-order valence-electron chi connectivity index (χ4n) is 1.63. The van der Waals surface area contributed by atoms with Gasteiger partial charge in [-0.05, 0) is 23.8 Å². The van der Waals surface area contributed by atoms with E-state index in [2.05, 4.69) is 10.9 Å². The molecule has 0 saturated carbocycles. The predicted octanol–water partition coefficient (Wildman–Crippen LogP) is 3.60. The fraction of sp³-hybridized carbons (Fsp3) is 0.143. The molecule has 3 nitrogen and oxygen atoms in total. The molecule has 2 N–H and O–H groups in total. The van der Waals surface area contributed by atoms with E-state index in [-0.39, 0.29) is 10.8 Å². The summed E-state index contributed by atoms with van der Waals surface area (Å²) in [5, 5.41) is 0.0710. The van der Waals surface area contributed by atoms with E-state index in [1.807, 2.05) is 30.3 Å². The lowest BCUT2D eigenvalue weighted by atomic mass is 10.2. The Labute approximate surface area is 116 Å². The van der Waals surface area contributed by atoms with Gasteiger partial charge in [-0.2, -0.15) is 0 Å². The SMILES string of the molecule is COc1ccc(CNNc2ccccc2)c(Cl)c1F. The molecule has 0 spiro atoms. The number of halogens is 2. The first kappa shape index (κ1) is 13.6. The van der Waals surface area contributed by atoms with E-state index < -0.39 is 5.82 Å². The number of para-hydroxylation sites is 1. The zero-order chi connectivity index (χ0) is 13.7. The van der Waals surface area contributed by atoms with E-state index in [1.54, 1.807) is 12.1 Å². The van der Waals surface area contributed by atoms with E-state index in [4.69, 9.17) is 16.3 Å². The molecular formula is C14H14ClFN2O. The maximum Gasteiger partial charge on any atom is 0.183 e. The first-order chi connectivity index (χ1) is 9.22. The summed E-state index contributed by atoms with van der Waals surface area (Å²) in [6, 6.07) is 12.9. The van der Waals surface area contributed by atoms with Crippen molar-refractivity contribution in [1.82, 2.24) is 5.43 Å². The highest BCUT2D eigenvalue weighted by molar-refractivity contribution is 6.31. The third-order valence-corrected chi connectivity index (χ3v) is 3.04. The second-order valence-corrected chi connectivity index (χ2v) is 4.28. The predicted molar refractivity (Wildman–Crippen MR) is 74.9 cm³/mol. The molecule has 0 aliphatic heterocycles. The van der Waals surface area contributed by atoms with Crippen LogP contribution in [0.25, 0.3) is 0 Å². The average molecular weight is 281 g/mol. The molecule has 0 heterocycles. The highest BCUT2D eigenvalue weighted by atomic mass is 35.5. The number of hydrogen-bond acceptors (Lipinski definition) is 3. The number of benzene rings is 2. The summed E-state index contributed by atoms with van der Waals surface area (Å²) in [6.45, 7) is 0.397. The Morgan fingerprint density at radius 3 is 2.58 bits per heavy atom. The van der Waals surface area contributed by atoms with E-state index in [0.29, 0.717) is 12.1 Å². The van der Waals surface area contributed by atoms with Crippen LogP contribution in [-0.2, 0) is 6.54 Å². The Balaban J connectivity index is 1.99. The normalized spacial score (nSPS) is 10.3. The van der Waals surface area contributed by atoms with Crippen LogP contribution in [0.1, 0.15) is 5.56 Å². The van der Waals surface area contributed by atoms with Gasteiger partial charge in [-0.25, -0.2) is 9.82 Å². The minimum Gasteiger partial charge on any atom is -0.494 e. The summed E-state index contributed by atoms with van der Waals surface area (Å²) in [5.74, 6) is -0.395. The zero-order valence-corrected chi connectivity index (χ0v) is 11.2. The third kappa shape index (κ3) is 3.36. The Bertz CT molecular complexity index is 549. The Morgan fingerprint density at radius 1 is 1.16 bits per heavy atom. The molecule has 5 heteroatoms. The fourth-order valence-corrected chi connectivity index (χ4v) is 1.85. The van der Waals surface area contributed by atoms with E-state index in [9.17, 15) is 4.39 Å². The number of ether oxygens (including phenoxy) is 1. The van der Waals surface area contributed by atoms with Crippen LogP contribution in [0, 0.1) is 5.82 Å². The van der Waals surface area contributed by atoms with Crippen LogP contribution in [0.5, 0.6) is 5.75 Å². The van der Waals surface area contributed by atoms with Gasteiger partial charge in [-0.15, -0.1) is 0 Å². The van der Waals surface area contributed by atoms with Crippen LogP contribution >= 0.6 is 11.6 Å². The minimum absolute atomic E-state index is 0.0710. The third-order valence-electron chi connectivity index (χ3n) is 2.63. The summed E-state index contributed by atoms with van der Waals surface area (Å²) < 4.78 is 18.6. The van der Waals surface area contributed by atoms with Gasteiger partial charge < -0.3 is 10.2 Å². The van der Waals surface area contributed by atoms with Crippen molar-refractivity contribution >= 4 is 17.3 Å². The monoisotopic (exact) mass is 280 g/mol. The van der Waals surface area contributed by atoms with Crippen molar-refractivity contribution in [2.24, 2.45) is 0 Å². The molecule has 100 valence electrons. The van der Waals surface area contributed by atoms with Crippen LogP contribution in [-0.4, -0.2) is 7.11 Å². The molecular weight excluding hydrogens is 267 g/mol. The summed E-state index contributed by atoms with van der Waals surface area (Å²) in [7, 11) is 1.41. The van der Waals surface area contributed by atoms with Crippen molar-refractivity contribution in [1.29, 1.82) is 0 Å². The van der Waals surface area contributed by atoms with Crippen molar-refractivity contribution in [3.8, 4) is 5.75 Å². The maximum atomic E-state index is 13.7. The number of nitrogens with one attached hydrogen (secondary N) is 2. The molecule has 0 aliphatic rings. The van der Waals surface area contributed by atoms with Crippen LogP contribution in [0.15, 0.2) is 42.5 Å². The van der Waals surface area contributed by atoms with E-state index >= 15 is 0 Å². The van der Waals surface area contributed by atoms with Gasteiger partial charge in [0.25, 0.3) is 0 Å². The Kier molecular flexibility index (Phi) is 4.60. The standard InChI is InChI=1S/C14H14ClFN2O/c1-19-12-8-7-10(13(15)14(12)16)9-17-18-11-5-3-2-4-6-11/h2-8,17-18H,9H2,1H3. The second-order valence-electron chi connectivity index (χ2n) is 3.90. The van der Waals surface area contributed by atoms with Gasteiger partial charge in [0.05, 0.1) is 12.1 Å². The molecule has 0 unspecified atom stereocenters. The average Bonchev–Trinajstić information content (AvgIpc) is 2.45. The molecule has 0 bridgehead atoms. The molecule has 0 atom stereocenters. The van der Waals surface area contributed by atoms with Crippen molar-refractivity contribution in [2.75, 3.05) is 12.5 Å². The van der Waals surface area contributed by atoms with Crippen LogP contribution < -0.4 is 15.6 Å². The Morgan fingerprint density at radius 2 is 1.89 bits per heavy atom. The highest BCUT2D eigenvalue weighted by Crippen LogP contribution is 2.27. The molecule has 0 radical (unpaired) electrons. The summed E-state index contributed by atoms with van der Waals surface area (Å²) >= 11 is 5.94. The highest BCUT2D eigenvalue weighted by Gasteiger charge is 2.11. The van der Waals surface area contributed by atoms with Crippen LogP contribution in [0.2, 0.25) is 5.02 Å². The van der Waals surface area contributed by atoms with Gasteiger partial charge in [-0.1, -0.05) is 35.9 Å². The van der Waals surface area contributed by atoms with E-state index in [1.165, 1.54) is 7.11 Å². The van der Waals surface area contributed by atoms with Crippen molar-refractivity contribution < 1.29 is 9.13 Å². The number of anilines is 1. The lowest BCUT2D eigenvalue weighted by molar-refractivity contribution is 0.386. The smallest absolute Gasteiger partial charge is 0.183 e. The summed E-state index contributed by atoms with van der Waals surface area (Å²) in [4.78, 5) is 0. The molecule has 0 saturated heterocycles. The quantitative estimate of drug-likeness (QED) is 0.821. The van der Waals surface area contributed by atoms with Crippen LogP contribution in [0.3, 0.4) is 0 Å². The Hall–Kier alpha value is -1.78. The van der Waals surface area contributed by atoms with Crippen molar-refractivity contribution in [3.05, 3.63) is 58.9 Å². The van der Waals surface area contributed by atoms with E-state index in [0.717, 1.165) is 5.69 Å². The summed E-state index contributed by atoms with van der Waals surface area (Å²) in [6.07, 6.45) is 0. The molecule has 0 aromatic heterocycles. The van der Waals surface area contributed by atoms with Gasteiger partial charge in [-0.3, -0.25) is 0 Å². The van der Waals surface area contributed by atoms with Gasteiger partial charge >= 0.3 is 0 Å². The molecule has 0 amide bonds. The topological polar surface area (TPSA) is 33.3 Å². The summed E-state index contributed by atoms with van der Waals surface area (Å²) in [5.41, 5.74) is 7.57. The van der Waals surface area contributed by atoms with Gasteiger partial charge in [0.1, 0.15) is 0 Å². The molecule has 2 aromatic rings. The van der Waals surface area contributed by atoms with Crippen molar-refractivity contribution in [2.45, 2.75) is 6.54 Å². The first-order valence-corrected chi connectivity index (χ1v) is 6.15. The largest absolute Gasteiger partial charge is 0.494 e. The first-order valence-electron chi connectivity index (χ1n) is 5.77. The lowest BCUT2D eigenvalue weighted by Gasteiger charge is -2.11. The molecule has 2 aromatic carbocycles. The molecule has 2 rings (SSSR count). The maximum absolute atomic E-state index is 13.7. The van der Waals surface area contributed by atoms with Crippen molar-refractivity contribution in [3.63, 3.8) is 0 Å². The second kappa shape index (κ2) is 6.41. The van der Waals surface area contributed by atoms with Gasteiger partial charge in [0.15, 0.2) is 11.6 Å².